The number of nitrogens with zero attached hydrogens (tertiary/aromatic N) is 1. The van der Waals surface area contributed by atoms with Crippen molar-refractivity contribution in [2.45, 2.75) is 32.6 Å². The number of halogens is 1. The van der Waals surface area contributed by atoms with E-state index in [1.165, 1.54) is 38.8 Å². The third-order valence-electron chi connectivity index (χ3n) is 3.29. The number of hydrogen-bond acceptors (Lipinski definition) is 2. The van der Waals surface area contributed by atoms with Gasteiger partial charge in [0.15, 0.2) is 0 Å². The Morgan fingerprint density at radius 3 is 2.87 bits per heavy atom. The Bertz CT molecular complexity index is 155. The molecule has 0 saturated carbocycles. The molecule has 0 spiro atoms. The second-order valence-electron chi connectivity index (χ2n) is 4.35. The first-order chi connectivity index (χ1) is 7.36. The number of likely N-dealkylation sites (tertiary alicyclic amines) is 1. The smallest absolute Gasteiger partial charge is 0.0602 e. The van der Waals surface area contributed by atoms with E-state index in [1.807, 2.05) is 0 Å². The molecule has 2 nitrogen and oxygen atoms in total. The molecule has 1 heterocycles. The Hall–Kier alpha value is 0.210. The van der Waals surface area contributed by atoms with Gasteiger partial charge >= 0.3 is 0 Å². The Kier molecular flexibility index (Phi) is 7.41. The highest BCUT2D eigenvalue weighted by Crippen LogP contribution is 2.19. The summed E-state index contributed by atoms with van der Waals surface area (Å²) in [5.41, 5.74) is 0. The molecule has 0 radical (unpaired) electrons. The standard InChI is InChI=1S/C12H24ClNO/c1-2-12-4-3-7-14(8-5-12)9-11-15-10-6-13/h12H,2-11H2,1H3. The average molecular weight is 234 g/mol. The molecule has 0 aliphatic carbocycles. The van der Waals surface area contributed by atoms with Crippen molar-refractivity contribution in [3.05, 3.63) is 0 Å². The molecular formula is C12H24ClNO. The first-order valence-corrected chi connectivity index (χ1v) is 6.76. The van der Waals surface area contributed by atoms with Crippen molar-refractivity contribution < 1.29 is 4.74 Å². The Balaban J connectivity index is 2.08. The van der Waals surface area contributed by atoms with E-state index in [0.29, 0.717) is 12.5 Å². The van der Waals surface area contributed by atoms with E-state index in [4.69, 9.17) is 16.3 Å². The first kappa shape index (κ1) is 13.3. The van der Waals surface area contributed by atoms with Gasteiger partial charge in [0.1, 0.15) is 0 Å². The van der Waals surface area contributed by atoms with Crippen molar-refractivity contribution in [3.63, 3.8) is 0 Å². The molecule has 1 fully saturated rings. The van der Waals surface area contributed by atoms with E-state index in [1.54, 1.807) is 0 Å². The van der Waals surface area contributed by atoms with Crippen molar-refractivity contribution >= 4 is 11.6 Å². The van der Waals surface area contributed by atoms with Crippen molar-refractivity contribution in [3.8, 4) is 0 Å². The van der Waals surface area contributed by atoms with Crippen LogP contribution in [0.15, 0.2) is 0 Å². The number of rotatable bonds is 6. The van der Waals surface area contributed by atoms with Gasteiger partial charge in [-0.2, -0.15) is 0 Å². The molecule has 0 aromatic carbocycles. The topological polar surface area (TPSA) is 12.5 Å². The quantitative estimate of drug-likeness (QED) is 0.517. The van der Waals surface area contributed by atoms with Gasteiger partial charge in [-0.05, 0) is 38.3 Å². The number of alkyl halides is 1. The maximum Gasteiger partial charge on any atom is 0.0602 e. The van der Waals surface area contributed by atoms with Crippen molar-refractivity contribution in [1.29, 1.82) is 0 Å². The van der Waals surface area contributed by atoms with Gasteiger partial charge in [-0.1, -0.05) is 13.3 Å². The number of hydrogen-bond donors (Lipinski definition) is 0. The molecule has 1 saturated heterocycles. The van der Waals surface area contributed by atoms with E-state index >= 15 is 0 Å². The van der Waals surface area contributed by atoms with Crippen LogP contribution < -0.4 is 0 Å². The molecule has 0 amide bonds. The lowest BCUT2D eigenvalue weighted by molar-refractivity contribution is 0.115. The molecule has 0 aromatic heterocycles. The van der Waals surface area contributed by atoms with Crippen LogP contribution >= 0.6 is 11.6 Å². The van der Waals surface area contributed by atoms with Crippen LogP contribution in [0.4, 0.5) is 0 Å². The minimum absolute atomic E-state index is 0.609. The van der Waals surface area contributed by atoms with Gasteiger partial charge in [0.2, 0.25) is 0 Å². The van der Waals surface area contributed by atoms with Gasteiger partial charge in [-0.15, -0.1) is 11.6 Å². The molecule has 3 heteroatoms. The van der Waals surface area contributed by atoms with Crippen molar-refractivity contribution in [2.75, 3.05) is 38.7 Å². The number of ether oxygens (including phenoxy) is 1. The Morgan fingerprint density at radius 2 is 2.13 bits per heavy atom. The molecule has 15 heavy (non-hydrogen) atoms. The van der Waals surface area contributed by atoms with Crippen LogP contribution in [0, 0.1) is 5.92 Å². The maximum atomic E-state index is 5.55. The van der Waals surface area contributed by atoms with Gasteiger partial charge in [0.25, 0.3) is 0 Å². The molecule has 1 aliphatic heterocycles. The van der Waals surface area contributed by atoms with E-state index in [2.05, 4.69) is 11.8 Å². The molecule has 0 N–H and O–H groups in total. The molecular weight excluding hydrogens is 210 g/mol. The zero-order valence-corrected chi connectivity index (χ0v) is 10.6. The van der Waals surface area contributed by atoms with Gasteiger partial charge in [0, 0.05) is 12.4 Å². The molecule has 90 valence electrons. The highest BCUT2D eigenvalue weighted by molar-refractivity contribution is 6.17. The summed E-state index contributed by atoms with van der Waals surface area (Å²) >= 11 is 5.55. The van der Waals surface area contributed by atoms with Crippen LogP contribution in [-0.2, 0) is 4.74 Å². The lowest BCUT2D eigenvalue weighted by Gasteiger charge is -2.19. The first-order valence-electron chi connectivity index (χ1n) is 6.23. The second kappa shape index (κ2) is 8.37. The SMILES string of the molecule is CCC1CCCN(CCOCCCl)CC1. The summed E-state index contributed by atoms with van der Waals surface area (Å²) in [7, 11) is 0. The van der Waals surface area contributed by atoms with Gasteiger partial charge in [-0.25, -0.2) is 0 Å². The molecule has 1 rings (SSSR count). The van der Waals surface area contributed by atoms with E-state index in [-0.39, 0.29) is 0 Å². The fourth-order valence-electron chi connectivity index (χ4n) is 2.21. The van der Waals surface area contributed by atoms with Crippen LogP contribution in [0.5, 0.6) is 0 Å². The lowest BCUT2D eigenvalue weighted by Crippen LogP contribution is -2.28. The molecule has 1 unspecified atom stereocenters. The summed E-state index contributed by atoms with van der Waals surface area (Å²) < 4.78 is 5.41. The Labute approximate surface area is 98.9 Å². The highest BCUT2D eigenvalue weighted by Gasteiger charge is 2.14. The second-order valence-corrected chi connectivity index (χ2v) is 4.73. The van der Waals surface area contributed by atoms with Gasteiger partial charge < -0.3 is 9.64 Å². The monoisotopic (exact) mass is 233 g/mol. The van der Waals surface area contributed by atoms with Crippen LogP contribution in [0.25, 0.3) is 0 Å². The van der Waals surface area contributed by atoms with Crippen molar-refractivity contribution in [1.82, 2.24) is 4.90 Å². The molecule has 1 atom stereocenters. The summed E-state index contributed by atoms with van der Waals surface area (Å²) in [5, 5.41) is 0. The summed E-state index contributed by atoms with van der Waals surface area (Å²) in [6.45, 7) is 7.41. The fraction of sp³-hybridized carbons (Fsp3) is 1.00. The van der Waals surface area contributed by atoms with E-state index in [0.717, 1.165) is 19.1 Å². The highest BCUT2D eigenvalue weighted by atomic mass is 35.5. The summed E-state index contributed by atoms with van der Waals surface area (Å²) in [5.74, 6) is 1.57. The minimum atomic E-state index is 0.609. The normalized spacial score (nSPS) is 24.0. The molecule has 1 aliphatic rings. The fourth-order valence-corrected chi connectivity index (χ4v) is 2.32. The average Bonchev–Trinajstić information content (AvgIpc) is 2.49. The molecule has 0 aromatic rings. The van der Waals surface area contributed by atoms with Crippen LogP contribution in [0.2, 0.25) is 0 Å². The van der Waals surface area contributed by atoms with Gasteiger partial charge in [0.05, 0.1) is 13.2 Å². The van der Waals surface area contributed by atoms with E-state index in [9.17, 15) is 0 Å². The van der Waals surface area contributed by atoms with E-state index < -0.39 is 0 Å². The zero-order valence-electron chi connectivity index (χ0n) is 9.88. The van der Waals surface area contributed by atoms with Crippen LogP contribution in [0.3, 0.4) is 0 Å². The van der Waals surface area contributed by atoms with Crippen LogP contribution in [-0.4, -0.2) is 43.6 Å². The predicted molar refractivity (Wildman–Crippen MR) is 65.6 cm³/mol. The zero-order chi connectivity index (χ0) is 10.9. The predicted octanol–water partition coefficient (Wildman–Crippen LogP) is 2.75. The van der Waals surface area contributed by atoms with Crippen LogP contribution in [0.1, 0.15) is 32.6 Å². The maximum absolute atomic E-state index is 5.55. The third kappa shape index (κ3) is 5.74. The summed E-state index contributed by atoms with van der Waals surface area (Å²) in [4.78, 5) is 2.53. The minimum Gasteiger partial charge on any atom is -0.379 e. The summed E-state index contributed by atoms with van der Waals surface area (Å²) in [6, 6.07) is 0. The lowest BCUT2D eigenvalue weighted by atomic mass is 9.98. The third-order valence-corrected chi connectivity index (χ3v) is 3.45. The Morgan fingerprint density at radius 1 is 1.27 bits per heavy atom. The van der Waals surface area contributed by atoms with Gasteiger partial charge in [-0.3, -0.25) is 0 Å². The summed E-state index contributed by atoms with van der Waals surface area (Å²) in [6.07, 6.45) is 5.48. The van der Waals surface area contributed by atoms with Crippen molar-refractivity contribution in [2.24, 2.45) is 5.92 Å². The largest absolute Gasteiger partial charge is 0.379 e. The molecule has 0 bridgehead atoms.